The van der Waals surface area contributed by atoms with Gasteiger partial charge in [0.2, 0.25) is 5.88 Å². The summed E-state index contributed by atoms with van der Waals surface area (Å²) in [6, 6.07) is 8.12. The zero-order chi connectivity index (χ0) is 17.1. The summed E-state index contributed by atoms with van der Waals surface area (Å²) < 4.78 is 11.7. The van der Waals surface area contributed by atoms with E-state index in [0.29, 0.717) is 17.0 Å². The van der Waals surface area contributed by atoms with Crippen LogP contribution in [0.15, 0.2) is 36.7 Å². The van der Waals surface area contributed by atoms with E-state index in [1.165, 1.54) is 5.56 Å². The van der Waals surface area contributed by atoms with E-state index in [0.717, 1.165) is 50.6 Å². The first-order chi connectivity index (χ1) is 12.3. The van der Waals surface area contributed by atoms with Crippen LogP contribution in [0.25, 0.3) is 0 Å². The van der Waals surface area contributed by atoms with Gasteiger partial charge in [-0.2, -0.15) is 0 Å². The number of ether oxygens (including phenoxy) is 2. The van der Waals surface area contributed by atoms with E-state index in [4.69, 9.17) is 21.1 Å². The maximum atomic E-state index is 6.19. The van der Waals surface area contributed by atoms with Crippen molar-refractivity contribution in [2.45, 2.75) is 43.7 Å². The van der Waals surface area contributed by atoms with Crippen molar-refractivity contribution in [1.82, 2.24) is 9.97 Å². The molecule has 1 N–H and O–H groups in total. The fourth-order valence-corrected chi connectivity index (χ4v) is 3.61. The van der Waals surface area contributed by atoms with Crippen LogP contribution in [-0.4, -0.2) is 35.3 Å². The summed E-state index contributed by atoms with van der Waals surface area (Å²) in [5, 5.41) is 4.09. The van der Waals surface area contributed by atoms with Gasteiger partial charge in [-0.1, -0.05) is 17.7 Å². The molecule has 0 unspecified atom stereocenters. The standard InChI is InChI=1S/C19H22ClN3O2/c20-14-3-7-21-18(10-14)23-15-11-16(12-15)25-19-17(2-1-6-22-19)13-4-8-24-9-5-13/h1-3,6-7,10,13,15-16H,4-5,8-9,11-12H2,(H,21,23). The lowest BCUT2D eigenvalue weighted by molar-refractivity contribution is 0.0794. The van der Waals surface area contributed by atoms with E-state index >= 15 is 0 Å². The molecule has 0 spiro atoms. The van der Waals surface area contributed by atoms with Gasteiger partial charge in [0.05, 0.1) is 0 Å². The summed E-state index contributed by atoms with van der Waals surface area (Å²) in [5.74, 6) is 2.09. The second-order valence-electron chi connectivity index (χ2n) is 6.70. The Morgan fingerprint density at radius 2 is 1.96 bits per heavy atom. The van der Waals surface area contributed by atoms with Crippen LogP contribution in [0.4, 0.5) is 5.82 Å². The van der Waals surface area contributed by atoms with E-state index in [9.17, 15) is 0 Å². The summed E-state index contributed by atoms with van der Waals surface area (Å²) in [5.41, 5.74) is 1.22. The third-order valence-electron chi connectivity index (χ3n) is 4.91. The molecule has 2 aromatic rings. The Morgan fingerprint density at radius 3 is 2.76 bits per heavy atom. The lowest BCUT2D eigenvalue weighted by Gasteiger charge is -2.36. The molecular weight excluding hydrogens is 338 g/mol. The van der Waals surface area contributed by atoms with Gasteiger partial charge in [-0.3, -0.25) is 0 Å². The van der Waals surface area contributed by atoms with Crippen molar-refractivity contribution in [3.05, 3.63) is 47.2 Å². The van der Waals surface area contributed by atoms with E-state index in [1.54, 1.807) is 12.3 Å². The molecule has 0 radical (unpaired) electrons. The maximum absolute atomic E-state index is 6.19. The SMILES string of the molecule is Clc1ccnc(NC2CC(Oc3ncccc3C3CCOCC3)C2)c1. The lowest BCUT2D eigenvalue weighted by Crippen LogP contribution is -2.43. The van der Waals surface area contributed by atoms with Crippen LogP contribution >= 0.6 is 11.6 Å². The van der Waals surface area contributed by atoms with Crippen molar-refractivity contribution in [2.75, 3.05) is 18.5 Å². The molecule has 1 aliphatic heterocycles. The van der Waals surface area contributed by atoms with Crippen molar-refractivity contribution >= 4 is 17.4 Å². The molecule has 6 heteroatoms. The average molecular weight is 360 g/mol. The maximum Gasteiger partial charge on any atom is 0.217 e. The number of hydrogen-bond donors (Lipinski definition) is 1. The molecular formula is C19H22ClN3O2. The summed E-state index contributed by atoms with van der Waals surface area (Å²) >= 11 is 5.99. The van der Waals surface area contributed by atoms with Crippen molar-refractivity contribution in [2.24, 2.45) is 0 Å². The molecule has 1 saturated heterocycles. The van der Waals surface area contributed by atoms with Crippen molar-refractivity contribution in [1.29, 1.82) is 0 Å². The minimum Gasteiger partial charge on any atom is -0.474 e. The Kier molecular flexibility index (Phi) is 5.04. The molecule has 2 aliphatic rings. The van der Waals surface area contributed by atoms with Crippen molar-refractivity contribution < 1.29 is 9.47 Å². The zero-order valence-electron chi connectivity index (χ0n) is 14.0. The van der Waals surface area contributed by atoms with Crippen molar-refractivity contribution in [3.63, 3.8) is 0 Å². The molecule has 25 heavy (non-hydrogen) atoms. The van der Waals surface area contributed by atoms with Gasteiger partial charge in [0.15, 0.2) is 0 Å². The second-order valence-corrected chi connectivity index (χ2v) is 7.13. The summed E-state index contributed by atoms with van der Waals surface area (Å²) in [7, 11) is 0. The quantitative estimate of drug-likeness (QED) is 0.872. The van der Waals surface area contributed by atoms with E-state index < -0.39 is 0 Å². The summed E-state index contributed by atoms with van der Waals surface area (Å²) in [6.07, 6.45) is 7.68. The topological polar surface area (TPSA) is 56.3 Å². The van der Waals surface area contributed by atoms with Crippen LogP contribution in [0.3, 0.4) is 0 Å². The lowest BCUT2D eigenvalue weighted by atomic mass is 9.88. The molecule has 132 valence electrons. The van der Waals surface area contributed by atoms with Crippen LogP contribution in [0.5, 0.6) is 5.88 Å². The van der Waals surface area contributed by atoms with E-state index in [-0.39, 0.29) is 6.10 Å². The van der Waals surface area contributed by atoms with Crippen molar-refractivity contribution in [3.8, 4) is 5.88 Å². The molecule has 5 nitrogen and oxygen atoms in total. The van der Waals surface area contributed by atoms with Crippen LogP contribution in [0, 0.1) is 0 Å². The van der Waals surface area contributed by atoms with Gasteiger partial charge in [0, 0.05) is 55.1 Å². The Balaban J connectivity index is 1.33. The van der Waals surface area contributed by atoms with Gasteiger partial charge in [0.25, 0.3) is 0 Å². The molecule has 0 amide bonds. The highest BCUT2D eigenvalue weighted by molar-refractivity contribution is 6.30. The Labute approximate surface area is 152 Å². The van der Waals surface area contributed by atoms with Gasteiger partial charge < -0.3 is 14.8 Å². The highest BCUT2D eigenvalue weighted by atomic mass is 35.5. The number of aromatic nitrogens is 2. The fraction of sp³-hybridized carbons (Fsp3) is 0.474. The first-order valence-corrected chi connectivity index (χ1v) is 9.23. The van der Waals surface area contributed by atoms with Gasteiger partial charge in [-0.05, 0) is 37.0 Å². The predicted octanol–water partition coefficient (Wildman–Crippen LogP) is 4.05. The van der Waals surface area contributed by atoms with Crippen LogP contribution in [0.2, 0.25) is 5.02 Å². The van der Waals surface area contributed by atoms with Gasteiger partial charge in [-0.25, -0.2) is 9.97 Å². The first kappa shape index (κ1) is 16.6. The minimum absolute atomic E-state index is 0.199. The number of anilines is 1. The largest absolute Gasteiger partial charge is 0.474 e. The number of pyridine rings is 2. The molecule has 4 rings (SSSR count). The molecule has 0 atom stereocenters. The fourth-order valence-electron chi connectivity index (χ4n) is 3.45. The average Bonchev–Trinajstić information content (AvgIpc) is 2.61. The molecule has 0 bridgehead atoms. The van der Waals surface area contributed by atoms with Crippen LogP contribution in [0.1, 0.15) is 37.2 Å². The molecule has 3 heterocycles. The zero-order valence-corrected chi connectivity index (χ0v) is 14.8. The Hall–Kier alpha value is -1.85. The Bertz CT molecular complexity index is 715. The molecule has 0 aromatic carbocycles. The van der Waals surface area contributed by atoms with Gasteiger partial charge in [0.1, 0.15) is 11.9 Å². The monoisotopic (exact) mass is 359 g/mol. The third kappa shape index (κ3) is 4.05. The van der Waals surface area contributed by atoms with Crippen LogP contribution < -0.4 is 10.1 Å². The van der Waals surface area contributed by atoms with Gasteiger partial charge in [-0.15, -0.1) is 0 Å². The second kappa shape index (κ2) is 7.58. The number of hydrogen-bond acceptors (Lipinski definition) is 5. The molecule has 1 saturated carbocycles. The molecule has 2 fully saturated rings. The molecule has 2 aromatic heterocycles. The number of nitrogens with zero attached hydrogens (tertiary/aromatic N) is 2. The normalized spacial score (nSPS) is 23.7. The highest BCUT2D eigenvalue weighted by Gasteiger charge is 2.32. The Morgan fingerprint density at radius 1 is 1.12 bits per heavy atom. The minimum atomic E-state index is 0.199. The number of nitrogens with one attached hydrogen (secondary N) is 1. The summed E-state index contributed by atoms with van der Waals surface area (Å²) in [4.78, 5) is 8.77. The number of rotatable bonds is 5. The highest BCUT2D eigenvalue weighted by Crippen LogP contribution is 2.35. The molecule has 1 aliphatic carbocycles. The van der Waals surface area contributed by atoms with Crippen LogP contribution in [-0.2, 0) is 4.74 Å². The predicted molar refractivity (Wildman–Crippen MR) is 97.3 cm³/mol. The van der Waals surface area contributed by atoms with E-state index in [2.05, 4.69) is 21.4 Å². The van der Waals surface area contributed by atoms with E-state index in [1.807, 2.05) is 18.3 Å². The smallest absolute Gasteiger partial charge is 0.217 e. The van der Waals surface area contributed by atoms with Gasteiger partial charge >= 0.3 is 0 Å². The first-order valence-electron chi connectivity index (χ1n) is 8.85. The number of halogens is 1. The summed E-state index contributed by atoms with van der Waals surface area (Å²) in [6.45, 7) is 1.64. The third-order valence-corrected chi connectivity index (χ3v) is 5.14.